The molecule has 0 spiro atoms. The van der Waals surface area contributed by atoms with Crippen LogP contribution in [0.25, 0.3) is 0 Å². The summed E-state index contributed by atoms with van der Waals surface area (Å²) in [4.78, 5) is 11.3. The minimum atomic E-state index is -0.729. The molecule has 1 aliphatic rings. The quantitative estimate of drug-likeness (QED) is 0.598. The number of nitrogens with two attached hydrogens (primary N) is 1. The number of hydrogen-bond donors (Lipinski definition) is 2. The number of carbonyl (C=O) groups excluding carboxylic acids is 1. The standard InChI is InChI=1S/C9H17NO3/c1-2-13-9(12)6-4-3-5-7(10)8(6)11/h6-8,11H,2-5,10H2,1H3/t6-,7+,8-/m0/s1. The maximum Gasteiger partial charge on any atom is 0.311 e. The normalized spacial score (nSPS) is 34.2. The molecule has 0 aromatic heterocycles. The number of carbonyl (C=O) groups is 1. The minimum Gasteiger partial charge on any atom is -0.466 e. The third-order valence-corrected chi connectivity index (χ3v) is 2.49. The number of esters is 1. The van der Waals surface area contributed by atoms with Gasteiger partial charge in [0.15, 0.2) is 0 Å². The molecule has 1 rings (SSSR count). The maximum absolute atomic E-state index is 11.3. The largest absolute Gasteiger partial charge is 0.466 e. The van der Waals surface area contributed by atoms with Crippen molar-refractivity contribution in [2.45, 2.75) is 38.3 Å². The van der Waals surface area contributed by atoms with Crippen molar-refractivity contribution in [2.24, 2.45) is 11.7 Å². The molecule has 1 saturated carbocycles. The molecule has 0 unspecified atom stereocenters. The fourth-order valence-corrected chi connectivity index (χ4v) is 1.72. The highest BCUT2D eigenvalue weighted by molar-refractivity contribution is 5.73. The van der Waals surface area contributed by atoms with Crippen LogP contribution in [0, 0.1) is 5.92 Å². The Labute approximate surface area is 78.1 Å². The molecule has 0 heterocycles. The van der Waals surface area contributed by atoms with Crippen molar-refractivity contribution in [3.63, 3.8) is 0 Å². The zero-order chi connectivity index (χ0) is 9.84. The van der Waals surface area contributed by atoms with Gasteiger partial charge in [-0.15, -0.1) is 0 Å². The van der Waals surface area contributed by atoms with E-state index < -0.39 is 12.0 Å². The van der Waals surface area contributed by atoms with E-state index in [1.165, 1.54) is 0 Å². The molecular weight excluding hydrogens is 170 g/mol. The Morgan fingerprint density at radius 1 is 1.62 bits per heavy atom. The van der Waals surface area contributed by atoms with Gasteiger partial charge in [0, 0.05) is 6.04 Å². The van der Waals surface area contributed by atoms with Crippen LogP contribution >= 0.6 is 0 Å². The van der Waals surface area contributed by atoms with Crippen molar-refractivity contribution in [1.29, 1.82) is 0 Å². The molecule has 0 aromatic carbocycles. The first-order chi connectivity index (χ1) is 6.16. The molecule has 0 aliphatic heterocycles. The zero-order valence-electron chi connectivity index (χ0n) is 7.90. The number of hydrogen-bond acceptors (Lipinski definition) is 4. The second-order valence-corrected chi connectivity index (χ2v) is 3.44. The van der Waals surface area contributed by atoms with Gasteiger partial charge >= 0.3 is 5.97 Å². The average Bonchev–Trinajstić information content (AvgIpc) is 2.10. The van der Waals surface area contributed by atoms with Gasteiger partial charge in [0.25, 0.3) is 0 Å². The molecule has 13 heavy (non-hydrogen) atoms. The van der Waals surface area contributed by atoms with Crippen LogP contribution < -0.4 is 5.73 Å². The first-order valence-electron chi connectivity index (χ1n) is 4.77. The molecule has 1 aliphatic carbocycles. The van der Waals surface area contributed by atoms with Crippen LogP contribution in [0.5, 0.6) is 0 Å². The zero-order valence-corrected chi connectivity index (χ0v) is 7.90. The summed E-state index contributed by atoms with van der Waals surface area (Å²) in [5.41, 5.74) is 5.64. The van der Waals surface area contributed by atoms with Gasteiger partial charge in [-0.1, -0.05) is 6.42 Å². The third kappa shape index (κ3) is 2.42. The number of aliphatic hydroxyl groups is 1. The molecule has 3 N–H and O–H groups in total. The lowest BCUT2D eigenvalue weighted by molar-refractivity contribution is -0.154. The van der Waals surface area contributed by atoms with Crippen molar-refractivity contribution in [1.82, 2.24) is 0 Å². The fourth-order valence-electron chi connectivity index (χ4n) is 1.72. The highest BCUT2D eigenvalue weighted by Crippen LogP contribution is 2.24. The van der Waals surface area contributed by atoms with E-state index in [0.717, 1.165) is 12.8 Å². The predicted octanol–water partition coefficient (Wildman–Crippen LogP) is 0.0378. The summed E-state index contributed by atoms with van der Waals surface area (Å²) in [5.74, 6) is -0.728. The topological polar surface area (TPSA) is 72.5 Å². The lowest BCUT2D eigenvalue weighted by Gasteiger charge is -2.30. The summed E-state index contributed by atoms with van der Waals surface area (Å²) in [6.45, 7) is 2.12. The van der Waals surface area contributed by atoms with Crippen molar-refractivity contribution in [3.05, 3.63) is 0 Å². The highest BCUT2D eigenvalue weighted by Gasteiger charge is 2.35. The second kappa shape index (κ2) is 4.58. The number of aliphatic hydroxyl groups excluding tert-OH is 1. The molecule has 0 aromatic rings. The van der Waals surface area contributed by atoms with Gasteiger partial charge < -0.3 is 15.6 Å². The first-order valence-corrected chi connectivity index (χ1v) is 4.77. The molecule has 0 radical (unpaired) electrons. The van der Waals surface area contributed by atoms with Gasteiger partial charge in [-0.05, 0) is 19.8 Å². The lowest BCUT2D eigenvalue weighted by atomic mass is 9.83. The highest BCUT2D eigenvalue weighted by atomic mass is 16.5. The van der Waals surface area contributed by atoms with Crippen molar-refractivity contribution in [2.75, 3.05) is 6.61 Å². The molecule has 4 heteroatoms. The van der Waals surface area contributed by atoms with E-state index in [2.05, 4.69) is 0 Å². The summed E-state index contributed by atoms with van der Waals surface area (Å²) in [5, 5.41) is 9.61. The van der Waals surface area contributed by atoms with Crippen LogP contribution in [0.3, 0.4) is 0 Å². The van der Waals surface area contributed by atoms with E-state index in [1.54, 1.807) is 6.92 Å². The number of ether oxygens (including phenoxy) is 1. The first kappa shape index (κ1) is 10.5. The Hall–Kier alpha value is -0.610. The van der Waals surface area contributed by atoms with Crippen molar-refractivity contribution < 1.29 is 14.6 Å². The summed E-state index contributed by atoms with van der Waals surface area (Å²) >= 11 is 0. The summed E-state index contributed by atoms with van der Waals surface area (Å²) in [6, 6.07) is -0.275. The van der Waals surface area contributed by atoms with Crippen molar-refractivity contribution in [3.8, 4) is 0 Å². The Morgan fingerprint density at radius 2 is 2.31 bits per heavy atom. The fraction of sp³-hybridized carbons (Fsp3) is 0.889. The van der Waals surface area contributed by atoms with Gasteiger partial charge in [-0.2, -0.15) is 0 Å². The van der Waals surface area contributed by atoms with Gasteiger partial charge in [-0.25, -0.2) is 0 Å². The van der Waals surface area contributed by atoms with Crippen molar-refractivity contribution >= 4 is 5.97 Å². The van der Waals surface area contributed by atoms with Crippen LogP contribution in [-0.4, -0.2) is 29.8 Å². The van der Waals surface area contributed by atoms with E-state index in [-0.39, 0.29) is 12.0 Å². The summed E-state index contributed by atoms with van der Waals surface area (Å²) in [6.07, 6.45) is 1.64. The maximum atomic E-state index is 11.3. The van der Waals surface area contributed by atoms with Crippen LogP contribution in [0.1, 0.15) is 26.2 Å². The predicted molar refractivity (Wildman–Crippen MR) is 48.0 cm³/mol. The minimum absolute atomic E-state index is 0.275. The Balaban J connectivity index is 2.52. The third-order valence-electron chi connectivity index (χ3n) is 2.49. The molecule has 0 bridgehead atoms. The van der Waals surface area contributed by atoms with Crippen LogP contribution in [-0.2, 0) is 9.53 Å². The van der Waals surface area contributed by atoms with E-state index in [0.29, 0.717) is 13.0 Å². The molecular formula is C9H17NO3. The van der Waals surface area contributed by atoms with Gasteiger partial charge in [0.1, 0.15) is 0 Å². The number of rotatable bonds is 2. The molecule has 0 amide bonds. The molecule has 3 atom stereocenters. The Morgan fingerprint density at radius 3 is 2.92 bits per heavy atom. The van der Waals surface area contributed by atoms with E-state index >= 15 is 0 Å². The van der Waals surface area contributed by atoms with Crippen LogP contribution in [0.4, 0.5) is 0 Å². The molecule has 0 saturated heterocycles. The average molecular weight is 187 g/mol. The summed E-state index contributed by atoms with van der Waals surface area (Å²) < 4.78 is 4.85. The monoisotopic (exact) mass is 187 g/mol. The molecule has 4 nitrogen and oxygen atoms in total. The van der Waals surface area contributed by atoms with E-state index in [1.807, 2.05) is 0 Å². The summed E-state index contributed by atoms with van der Waals surface area (Å²) in [7, 11) is 0. The van der Waals surface area contributed by atoms with Crippen LogP contribution in [0.15, 0.2) is 0 Å². The molecule has 1 fully saturated rings. The van der Waals surface area contributed by atoms with E-state index in [9.17, 15) is 9.90 Å². The van der Waals surface area contributed by atoms with E-state index in [4.69, 9.17) is 10.5 Å². The Kier molecular flexibility index (Phi) is 3.69. The second-order valence-electron chi connectivity index (χ2n) is 3.44. The lowest BCUT2D eigenvalue weighted by Crippen LogP contribution is -2.46. The van der Waals surface area contributed by atoms with Gasteiger partial charge in [-0.3, -0.25) is 4.79 Å². The van der Waals surface area contributed by atoms with Gasteiger partial charge in [0.2, 0.25) is 0 Å². The SMILES string of the molecule is CCOC(=O)[C@H]1CCC[C@@H](N)[C@H]1O. The van der Waals surface area contributed by atoms with Gasteiger partial charge in [0.05, 0.1) is 18.6 Å². The smallest absolute Gasteiger partial charge is 0.311 e. The molecule has 76 valence electrons. The Bertz CT molecular complexity index is 184. The van der Waals surface area contributed by atoms with Crippen LogP contribution in [0.2, 0.25) is 0 Å².